The molecule has 0 saturated carbocycles. The van der Waals surface area contributed by atoms with Gasteiger partial charge in [-0.05, 0) is 12.1 Å². The first-order valence-electron chi connectivity index (χ1n) is 5.90. The number of rotatable bonds is 4. The molecular weight excluding hydrogens is 290 g/mol. The summed E-state index contributed by atoms with van der Waals surface area (Å²) in [6.07, 6.45) is 1.63. The zero-order chi connectivity index (χ0) is 14.2. The van der Waals surface area contributed by atoms with E-state index in [4.69, 9.17) is 5.73 Å². The summed E-state index contributed by atoms with van der Waals surface area (Å²) >= 11 is 2.83. The molecule has 0 spiro atoms. The summed E-state index contributed by atoms with van der Waals surface area (Å²) in [6.45, 7) is 0.313. The minimum atomic E-state index is -0.0773. The fourth-order valence-electron chi connectivity index (χ4n) is 1.35. The number of thioether (sulfide) groups is 1. The second-order valence-electron chi connectivity index (χ2n) is 3.69. The van der Waals surface area contributed by atoms with Crippen LogP contribution in [0.1, 0.15) is 4.88 Å². The van der Waals surface area contributed by atoms with Crippen molar-refractivity contribution < 1.29 is 4.79 Å². The van der Waals surface area contributed by atoms with Gasteiger partial charge in [-0.2, -0.15) is 0 Å². The topological polar surface area (TPSA) is 68.0 Å². The zero-order valence-corrected chi connectivity index (χ0v) is 12.3. The second-order valence-corrected chi connectivity index (χ2v) is 5.76. The van der Waals surface area contributed by atoms with E-state index in [1.165, 1.54) is 23.1 Å². The van der Waals surface area contributed by atoms with Crippen LogP contribution in [0, 0.1) is 11.8 Å². The van der Waals surface area contributed by atoms with E-state index in [-0.39, 0.29) is 5.91 Å². The van der Waals surface area contributed by atoms with Gasteiger partial charge in [0.05, 0.1) is 23.4 Å². The zero-order valence-electron chi connectivity index (χ0n) is 10.6. The monoisotopic (exact) mass is 303 g/mol. The number of carbonyl (C=O) groups excluding carboxylic acids is 1. The number of benzene rings is 1. The highest BCUT2D eigenvalue weighted by Gasteiger charge is 2.06. The van der Waals surface area contributed by atoms with Gasteiger partial charge in [-0.25, -0.2) is 4.98 Å². The third-order valence-electron chi connectivity index (χ3n) is 2.18. The summed E-state index contributed by atoms with van der Waals surface area (Å²) < 4.78 is 0. The van der Waals surface area contributed by atoms with E-state index < -0.39 is 0 Å². The van der Waals surface area contributed by atoms with Gasteiger partial charge in [-0.3, -0.25) is 4.79 Å². The fourth-order valence-corrected chi connectivity index (χ4v) is 2.78. The molecule has 1 amide bonds. The smallest absolute Gasteiger partial charge is 0.236 e. The van der Waals surface area contributed by atoms with Crippen LogP contribution in [-0.2, 0) is 4.79 Å². The molecule has 2 aromatic rings. The lowest BCUT2D eigenvalue weighted by Gasteiger charge is -2.01. The molecule has 0 unspecified atom stereocenters. The van der Waals surface area contributed by atoms with Gasteiger partial charge in [0, 0.05) is 4.90 Å². The molecule has 0 aliphatic heterocycles. The van der Waals surface area contributed by atoms with Gasteiger partial charge >= 0.3 is 0 Å². The van der Waals surface area contributed by atoms with E-state index in [9.17, 15) is 4.79 Å². The van der Waals surface area contributed by atoms with E-state index in [0.717, 1.165) is 9.77 Å². The maximum absolute atomic E-state index is 11.8. The van der Waals surface area contributed by atoms with Crippen LogP contribution in [0.5, 0.6) is 0 Å². The average molecular weight is 303 g/mol. The molecule has 0 bridgehead atoms. The number of amides is 1. The molecule has 2 rings (SSSR count). The predicted molar refractivity (Wildman–Crippen MR) is 83.8 cm³/mol. The first-order valence-corrected chi connectivity index (χ1v) is 7.70. The van der Waals surface area contributed by atoms with Crippen molar-refractivity contribution in [1.29, 1.82) is 0 Å². The number of nitrogens with two attached hydrogens (primary N) is 1. The molecular formula is C14H13N3OS2. The van der Waals surface area contributed by atoms with Gasteiger partial charge in [-0.15, -0.1) is 11.8 Å². The number of nitrogens with zero attached hydrogens (tertiary/aromatic N) is 1. The lowest BCUT2D eigenvalue weighted by molar-refractivity contribution is -0.113. The van der Waals surface area contributed by atoms with Crippen LogP contribution in [0.25, 0.3) is 0 Å². The first-order chi connectivity index (χ1) is 9.78. The molecule has 1 aromatic carbocycles. The van der Waals surface area contributed by atoms with Crippen LogP contribution in [0.15, 0.2) is 41.4 Å². The minimum Gasteiger partial charge on any atom is -0.320 e. The maximum Gasteiger partial charge on any atom is 0.236 e. The van der Waals surface area contributed by atoms with Crippen molar-refractivity contribution >= 4 is 34.1 Å². The number of nitrogens with one attached hydrogen (secondary N) is 1. The number of hydrogen-bond donors (Lipinski definition) is 2. The number of thiazole rings is 1. The van der Waals surface area contributed by atoms with Crippen LogP contribution in [0.3, 0.4) is 0 Å². The highest BCUT2D eigenvalue weighted by molar-refractivity contribution is 8.00. The van der Waals surface area contributed by atoms with Gasteiger partial charge in [0.1, 0.15) is 0 Å². The van der Waals surface area contributed by atoms with Crippen LogP contribution in [0.2, 0.25) is 0 Å². The summed E-state index contributed by atoms with van der Waals surface area (Å²) in [7, 11) is 0. The van der Waals surface area contributed by atoms with Gasteiger partial charge in [0.25, 0.3) is 0 Å². The largest absolute Gasteiger partial charge is 0.320 e. The summed E-state index contributed by atoms with van der Waals surface area (Å²) in [5.74, 6) is 5.91. The average Bonchev–Trinajstić information content (AvgIpc) is 2.91. The van der Waals surface area contributed by atoms with Crippen LogP contribution < -0.4 is 11.1 Å². The Bertz CT molecular complexity index is 629. The van der Waals surface area contributed by atoms with Gasteiger partial charge in [0.2, 0.25) is 5.91 Å². The van der Waals surface area contributed by atoms with Crippen molar-refractivity contribution in [3.05, 3.63) is 41.4 Å². The molecule has 0 saturated heterocycles. The van der Waals surface area contributed by atoms with Gasteiger partial charge < -0.3 is 11.1 Å². The van der Waals surface area contributed by atoms with Crippen LogP contribution >= 0.6 is 23.1 Å². The minimum absolute atomic E-state index is 0.0773. The molecule has 0 atom stereocenters. The molecule has 0 aliphatic rings. The molecule has 1 heterocycles. The second kappa shape index (κ2) is 7.70. The molecule has 6 heteroatoms. The molecule has 0 radical (unpaired) electrons. The Morgan fingerprint density at radius 2 is 2.20 bits per heavy atom. The third-order valence-corrected chi connectivity index (χ3v) is 4.02. The van der Waals surface area contributed by atoms with E-state index in [1.807, 2.05) is 30.3 Å². The van der Waals surface area contributed by atoms with E-state index in [0.29, 0.717) is 17.4 Å². The SMILES string of the molecule is NCC#Cc1cnc(NC(=O)CSc2ccccc2)s1. The Hall–Kier alpha value is -1.81. The molecule has 1 aromatic heterocycles. The summed E-state index contributed by atoms with van der Waals surface area (Å²) in [5, 5.41) is 3.32. The van der Waals surface area contributed by atoms with Crippen molar-refractivity contribution in [3.8, 4) is 11.8 Å². The van der Waals surface area contributed by atoms with Crippen LogP contribution in [-0.4, -0.2) is 23.2 Å². The molecule has 4 nitrogen and oxygen atoms in total. The Labute approximate surface area is 125 Å². The summed E-state index contributed by atoms with van der Waals surface area (Å²) in [4.78, 5) is 17.7. The molecule has 0 aliphatic carbocycles. The third kappa shape index (κ3) is 4.70. The summed E-state index contributed by atoms with van der Waals surface area (Å²) in [6, 6.07) is 9.79. The molecule has 102 valence electrons. The molecule has 20 heavy (non-hydrogen) atoms. The Morgan fingerprint density at radius 3 is 2.95 bits per heavy atom. The summed E-state index contributed by atoms with van der Waals surface area (Å²) in [5.41, 5.74) is 5.30. The standard InChI is InChI=1S/C14H13N3OS2/c15-8-4-7-12-9-16-14(20-12)17-13(18)10-19-11-5-2-1-3-6-11/h1-3,5-6,9H,8,10,15H2,(H,16,17,18). The number of carbonyl (C=O) groups is 1. The van der Waals surface area contributed by atoms with Gasteiger partial charge in [0.15, 0.2) is 5.13 Å². The van der Waals surface area contributed by atoms with Crippen molar-refractivity contribution in [3.63, 3.8) is 0 Å². The number of aromatic nitrogens is 1. The van der Waals surface area contributed by atoms with Crippen molar-refractivity contribution in [2.75, 3.05) is 17.6 Å². The van der Waals surface area contributed by atoms with Crippen molar-refractivity contribution in [2.45, 2.75) is 4.90 Å². The number of anilines is 1. The van der Waals surface area contributed by atoms with E-state index in [2.05, 4.69) is 22.1 Å². The first kappa shape index (κ1) is 14.6. The van der Waals surface area contributed by atoms with Crippen molar-refractivity contribution in [2.24, 2.45) is 5.73 Å². The quantitative estimate of drug-likeness (QED) is 0.671. The molecule has 0 fully saturated rings. The Morgan fingerprint density at radius 1 is 1.40 bits per heavy atom. The predicted octanol–water partition coefficient (Wildman–Crippen LogP) is 2.18. The Kier molecular flexibility index (Phi) is 5.62. The normalized spacial score (nSPS) is 9.65. The van der Waals surface area contributed by atoms with Crippen molar-refractivity contribution in [1.82, 2.24) is 4.98 Å². The lowest BCUT2D eigenvalue weighted by Crippen LogP contribution is -2.13. The molecule has 3 N–H and O–H groups in total. The van der Waals surface area contributed by atoms with E-state index >= 15 is 0 Å². The lowest BCUT2D eigenvalue weighted by atomic mass is 10.4. The van der Waals surface area contributed by atoms with Crippen LogP contribution in [0.4, 0.5) is 5.13 Å². The van der Waals surface area contributed by atoms with Gasteiger partial charge in [-0.1, -0.05) is 41.4 Å². The maximum atomic E-state index is 11.8. The Balaban J connectivity index is 1.84. The van der Waals surface area contributed by atoms with E-state index in [1.54, 1.807) is 6.20 Å². The fraction of sp³-hybridized carbons (Fsp3) is 0.143. The highest BCUT2D eigenvalue weighted by Crippen LogP contribution is 2.19. The highest BCUT2D eigenvalue weighted by atomic mass is 32.2. The number of hydrogen-bond acceptors (Lipinski definition) is 5.